The van der Waals surface area contributed by atoms with E-state index in [1.165, 1.54) is 36.8 Å². The molecule has 2 aliphatic rings. The molecule has 36 heavy (non-hydrogen) atoms. The molecule has 2 saturated carbocycles. The first-order valence-electron chi connectivity index (χ1n) is 12.0. The number of rotatable bonds is 9. The second-order valence-electron chi connectivity index (χ2n) is 9.23. The van der Waals surface area contributed by atoms with E-state index in [0.29, 0.717) is 47.3 Å². The van der Waals surface area contributed by atoms with E-state index < -0.39 is 11.9 Å². The summed E-state index contributed by atoms with van der Waals surface area (Å²) in [5, 5.41) is 26.2. The Balaban J connectivity index is 1.28. The summed E-state index contributed by atoms with van der Waals surface area (Å²) in [4.78, 5) is 25.3. The van der Waals surface area contributed by atoms with E-state index in [2.05, 4.69) is 31.5 Å². The van der Waals surface area contributed by atoms with Crippen molar-refractivity contribution in [1.29, 1.82) is 5.26 Å². The first-order chi connectivity index (χ1) is 17.5. The summed E-state index contributed by atoms with van der Waals surface area (Å²) in [5.41, 5.74) is 0.934. The van der Waals surface area contributed by atoms with E-state index in [9.17, 15) is 15.2 Å². The molecule has 188 valence electrons. The molecule has 0 radical (unpaired) electrons. The maximum absolute atomic E-state index is 11.4. The molecule has 5 rings (SSSR count). The lowest BCUT2D eigenvalue weighted by Gasteiger charge is -2.27. The van der Waals surface area contributed by atoms with E-state index in [4.69, 9.17) is 20.9 Å². The summed E-state index contributed by atoms with van der Waals surface area (Å²) in [7, 11) is 0. The number of carboxylic acid groups (broad SMARTS) is 1. The van der Waals surface area contributed by atoms with Crippen molar-refractivity contribution in [2.45, 2.75) is 64.0 Å². The van der Waals surface area contributed by atoms with Crippen molar-refractivity contribution in [3.63, 3.8) is 0 Å². The van der Waals surface area contributed by atoms with Gasteiger partial charge in [-0.2, -0.15) is 10.2 Å². The minimum Gasteiger partial charge on any atom is -0.486 e. The van der Waals surface area contributed by atoms with Crippen molar-refractivity contribution >= 4 is 34.9 Å². The molecule has 2 N–H and O–H groups in total. The quantitative estimate of drug-likeness (QED) is 0.384. The van der Waals surface area contributed by atoms with Crippen molar-refractivity contribution in [2.24, 2.45) is 11.8 Å². The number of carbonyl (C=O) groups is 1. The van der Waals surface area contributed by atoms with Gasteiger partial charge in [0.2, 0.25) is 5.89 Å². The number of carboxylic acids is 1. The molecule has 0 aliphatic heterocycles. The molecule has 2 aliphatic carbocycles. The third kappa shape index (κ3) is 5.60. The summed E-state index contributed by atoms with van der Waals surface area (Å²) < 4.78 is 11.9. The zero-order chi connectivity index (χ0) is 25.1. The minimum absolute atomic E-state index is 0.0969. The van der Waals surface area contributed by atoms with Gasteiger partial charge >= 0.3 is 5.97 Å². The van der Waals surface area contributed by atoms with Crippen molar-refractivity contribution < 1.29 is 19.2 Å². The van der Waals surface area contributed by atoms with Crippen LogP contribution in [-0.4, -0.2) is 37.3 Å². The van der Waals surface area contributed by atoms with Gasteiger partial charge in [-0.1, -0.05) is 18.0 Å². The number of hydrogen-bond donors (Lipinski definition) is 2. The third-order valence-electron chi connectivity index (χ3n) is 6.71. The molecule has 0 aromatic carbocycles. The molecule has 0 amide bonds. The number of nitrogens with one attached hydrogen (secondary N) is 1. The van der Waals surface area contributed by atoms with Gasteiger partial charge in [-0.25, -0.2) is 9.97 Å². The number of nitriles is 1. The van der Waals surface area contributed by atoms with E-state index in [1.54, 1.807) is 0 Å². The summed E-state index contributed by atoms with van der Waals surface area (Å²) >= 11 is 7.61. The van der Waals surface area contributed by atoms with Gasteiger partial charge in [-0.3, -0.25) is 4.79 Å². The topological polar surface area (TPSA) is 147 Å². The minimum atomic E-state index is -0.818. The van der Waals surface area contributed by atoms with Gasteiger partial charge in [-0.05, 0) is 61.2 Å². The van der Waals surface area contributed by atoms with Gasteiger partial charge in [0, 0.05) is 13.0 Å². The summed E-state index contributed by atoms with van der Waals surface area (Å²) in [6.45, 7) is 0.378. The van der Waals surface area contributed by atoms with Crippen LogP contribution in [0.15, 0.2) is 16.8 Å². The average Bonchev–Trinajstić information content (AvgIpc) is 3.46. The summed E-state index contributed by atoms with van der Waals surface area (Å²) in [5.74, 6) is 1.04. The van der Waals surface area contributed by atoms with Crippen LogP contribution in [-0.2, 0) is 17.8 Å². The molecule has 2 atom stereocenters. The van der Waals surface area contributed by atoms with Gasteiger partial charge in [0.1, 0.15) is 6.07 Å². The Morgan fingerprint density at radius 1 is 1.31 bits per heavy atom. The zero-order valence-electron chi connectivity index (χ0n) is 19.4. The number of halogens is 1. The van der Waals surface area contributed by atoms with E-state index in [0.717, 1.165) is 29.7 Å². The lowest BCUT2D eigenvalue weighted by Crippen LogP contribution is -2.29. The molecule has 0 bridgehead atoms. The largest absolute Gasteiger partial charge is 0.486 e. The number of aliphatic carboxylic acids is 1. The Labute approximate surface area is 216 Å². The van der Waals surface area contributed by atoms with E-state index in [-0.39, 0.29) is 17.5 Å². The SMILES string of the molecule is N#Cc1nc(-c2sc(Cl)cc2CNc2noc(CC3CCC3)n2)ncc1O[C@H]1CCC[C@H](C(=O)O)C1. The highest BCUT2D eigenvalue weighted by Crippen LogP contribution is 2.36. The predicted molar refractivity (Wildman–Crippen MR) is 132 cm³/mol. The lowest BCUT2D eigenvalue weighted by atomic mass is 9.83. The van der Waals surface area contributed by atoms with Crippen LogP contribution in [0.4, 0.5) is 5.95 Å². The highest BCUT2D eigenvalue weighted by molar-refractivity contribution is 7.19. The molecule has 3 heterocycles. The Morgan fingerprint density at radius 3 is 2.89 bits per heavy atom. The van der Waals surface area contributed by atoms with Crippen molar-refractivity contribution in [2.75, 3.05) is 5.32 Å². The molecule has 12 heteroatoms. The fourth-order valence-corrected chi connectivity index (χ4v) is 5.76. The second kappa shape index (κ2) is 10.8. The third-order valence-corrected chi connectivity index (χ3v) is 8.01. The summed E-state index contributed by atoms with van der Waals surface area (Å²) in [6, 6.07) is 3.89. The number of anilines is 1. The zero-order valence-corrected chi connectivity index (χ0v) is 21.0. The van der Waals surface area contributed by atoms with Crippen LogP contribution < -0.4 is 10.1 Å². The smallest absolute Gasteiger partial charge is 0.306 e. The van der Waals surface area contributed by atoms with Crippen LogP contribution in [0.25, 0.3) is 10.7 Å². The molecule has 3 aromatic rings. The fraction of sp³-hybridized carbons (Fsp3) is 0.500. The van der Waals surface area contributed by atoms with Crippen molar-refractivity contribution in [3.8, 4) is 22.5 Å². The van der Waals surface area contributed by atoms with Gasteiger partial charge < -0.3 is 19.7 Å². The Bertz CT molecular complexity index is 1280. The maximum atomic E-state index is 11.4. The van der Waals surface area contributed by atoms with Gasteiger partial charge in [-0.15, -0.1) is 11.3 Å². The van der Waals surface area contributed by atoms with Crippen LogP contribution in [0, 0.1) is 23.2 Å². The highest BCUT2D eigenvalue weighted by atomic mass is 35.5. The maximum Gasteiger partial charge on any atom is 0.306 e. The Morgan fingerprint density at radius 2 is 2.14 bits per heavy atom. The normalized spacial score (nSPS) is 19.9. The van der Waals surface area contributed by atoms with Crippen LogP contribution in [0.5, 0.6) is 5.75 Å². The monoisotopic (exact) mass is 528 g/mol. The number of aromatic nitrogens is 4. The Kier molecular flexibility index (Phi) is 7.34. The van der Waals surface area contributed by atoms with Gasteiger partial charge in [0.15, 0.2) is 17.3 Å². The standard InChI is InChI=1S/C24H25ClN6O4S/c25-19-9-15(11-28-24-30-20(35-31-24)7-13-3-1-4-13)21(36-19)22-27-12-18(17(10-26)29-22)34-16-6-2-5-14(8-16)23(32)33/h9,12-14,16H,1-8,11H2,(H,28,31)(H,32,33)/t14-,16-/m0/s1. The molecular formula is C24H25ClN6O4S. The molecule has 0 saturated heterocycles. The van der Waals surface area contributed by atoms with Crippen LogP contribution >= 0.6 is 22.9 Å². The molecular weight excluding hydrogens is 504 g/mol. The van der Waals surface area contributed by atoms with Crippen LogP contribution in [0.3, 0.4) is 0 Å². The number of thiophene rings is 1. The lowest BCUT2D eigenvalue weighted by molar-refractivity contribution is -0.143. The van der Waals surface area contributed by atoms with Gasteiger partial charge in [0.25, 0.3) is 5.95 Å². The molecule has 0 unspecified atom stereocenters. The molecule has 10 nitrogen and oxygen atoms in total. The number of hydrogen-bond acceptors (Lipinski definition) is 10. The van der Waals surface area contributed by atoms with Crippen molar-refractivity contribution in [1.82, 2.24) is 20.1 Å². The van der Waals surface area contributed by atoms with E-state index >= 15 is 0 Å². The van der Waals surface area contributed by atoms with Crippen LogP contribution in [0.2, 0.25) is 4.34 Å². The first-order valence-corrected chi connectivity index (χ1v) is 13.2. The molecule has 3 aromatic heterocycles. The summed E-state index contributed by atoms with van der Waals surface area (Å²) in [6.07, 6.45) is 8.19. The predicted octanol–water partition coefficient (Wildman–Crippen LogP) is 5.09. The fourth-order valence-electron chi connectivity index (χ4n) is 4.55. The second-order valence-corrected chi connectivity index (χ2v) is 10.9. The molecule has 0 spiro atoms. The highest BCUT2D eigenvalue weighted by Gasteiger charge is 2.29. The average molecular weight is 529 g/mol. The van der Waals surface area contributed by atoms with Crippen molar-refractivity contribution in [3.05, 3.63) is 33.7 Å². The Hall–Kier alpha value is -3.23. The number of nitrogens with zero attached hydrogens (tertiary/aromatic N) is 5. The van der Waals surface area contributed by atoms with Gasteiger partial charge in [0.05, 0.1) is 27.4 Å². The van der Waals surface area contributed by atoms with Crippen LogP contribution in [0.1, 0.15) is 62.1 Å². The number of ether oxygens (including phenoxy) is 1. The van der Waals surface area contributed by atoms with E-state index in [1.807, 2.05) is 6.07 Å². The molecule has 2 fully saturated rings. The first kappa shape index (κ1) is 24.5.